The lowest BCUT2D eigenvalue weighted by atomic mass is 9.88. The highest BCUT2D eigenvalue weighted by atomic mass is 19.1. The summed E-state index contributed by atoms with van der Waals surface area (Å²) in [5.41, 5.74) is 2.45. The highest BCUT2D eigenvalue weighted by Crippen LogP contribution is 2.43. The molecule has 2 unspecified atom stereocenters. The predicted octanol–water partition coefficient (Wildman–Crippen LogP) is 3.41. The van der Waals surface area contributed by atoms with E-state index in [9.17, 15) is 9.18 Å². The van der Waals surface area contributed by atoms with E-state index >= 15 is 0 Å². The number of nitrogens with one attached hydrogen (secondary N) is 2. The Bertz CT molecular complexity index is 554. The molecule has 1 aliphatic heterocycles. The van der Waals surface area contributed by atoms with Crippen molar-refractivity contribution in [2.75, 3.05) is 11.9 Å². The van der Waals surface area contributed by atoms with Gasteiger partial charge in [-0.25, -0.2) is 4.39 Å². The zero-order chi connectivity index (χ0) is 15.0. The van der Waals surface area contributed by atoms with Gasteiger partial charge in [-0.15, -0.1) is 0 Å². The number of carbonyl (C=O) groups is 1. The maximum Gasteiger partial charge on any atom is 0.224 e. The van der Waals surface area contributed by atoms with Crippen LogP contribution in [0, 0.1) is 17.7 Å². The van der Waals surface area contributed by atoms with E-state index in [1.807, 2.05) is 6.07 Å². The molecule has 3 nitrogen and oxygen atoms in total. The van der Waals surface area contributed by atoms with E-state index in [0.717, 1.165) is 17.7 Å². The number of fused-ring (bicyclic) bond motifs is 1. The summed E-state index contributed by atoms with van der Waals surface area (Å²) in [6.07, 6.45) is 3.70. The van der Waals surface area contributed by atoms with E-state index in [1.54, 1.807) is 0 Å². The molecule has 114 valence electrons. The molecule has 1 aromatic rings. The highest BCUT2D eigenvalue weighted by molar-refractivity contribution is 5.93. The first-order chi connectivity index (χ1) is 10.1. The molecule has 1 aromatic carbocycles. The Kier molecular flexibility index (Phi) is 3.98. The van der Waals surface area contributed by atoms with Crippen LogP contribution in [0.2, 0.25) is 0 Å². The molecule has 21 heavy (non-hydrogen) atoms. The Labute approximate surface area is 125 Å². The van der Waals surface area contributed by atoms with Crippen LogP contribution in [-0.4, -0.2) is 12.5 Å². The van der Waals surface area contributed by atoms with Gasteiger partial charge in [-0.3, -0.25) is 4.79 Å². The molecule has 0 spiro atoms. The summed E-state index contributed by atoms with van der Waals surface area (Å²) in [5, 5.41) is 6.21. The maximum atomic E-state index is 14.5. The number of amides is 1. The van der Waals surface area contributed by atoms with Crippen molar-refractivity contribution in [3.8, 4) is 0 Å². The first-order valence-corrected chi connectivity index (χ1v) is 7.95. The SMILES string of the molecule is CCNC(c1cc2c(cc1F)NC(=O)CC2)C(C)C1CC1. The van der Waals surface area contributed by atoms with Crippen molar-refractivity contribution in [1.29, 1.82) is 0 Å². The van der Waals surface area contributed by atoms with Crippen LogP contribution in [0.3, 0.4) is 0 Å². The molecule has 3 rings (SSSR count). The van der Waals surface area contributed by atoms with Gasteiger partial charge in [-0.2, -0.15) is 0 Å². The van der Waals surface area contributed by atoms with Crippen molar-refractivity contribution in [2.24, 2.45) is 11.8 Å². The predicted molar refractivity (Wildman–Crippen MR) is 81.7 cm³/mol. The number of aryl methyl sites for hydroxylation is 1. The van der Waals surface area contributed by atoms with Crippen LogP contribution in [0.25, 0.3) is 0 Å². The Morgan fingerprint density at radius 2 is 2.14 bits per heavy atom. The lowest BCUT2D eigenvalue weighted by Crippen LogP contribution is -2.29. The van der Waals surface area contributed by atoms with Crippen molar-refractivity contribution in [1.82, 2.24) is 5.32 Å². The Hall–Kier alpha value is -1.42. The van der Waals surface area contributed by atoms with Crippen molar-refractivity contribution < 1.29 is 9.18 Å². The smallest absolute Gasteiger partial charge is 0.224 e. The van der Waals surface area contributed by atoms with Crippen LogP contribution in [-0.2, 0) is 11.2 Å². The number of anilines is 1. The first-order valence-electron chi connectivity index (χ1n) is 7.95. The number of hydrogen-bond donors (Lipinski definition) is 2. The van der Waals surface area contributed by atoms with Crippen LogP contribution < -0.4 is 10.6 Å². The van der Waals surface area contributed by atoms with Crippen molar-refractivity contribution >= 4 is 11.6 Å². The maximum absolute atomic E-state index is 14.5. The van der Waals surface area contributed by atoms with Gasteiger partial charge >= 0.3 is 0 Å². The van der Waals surface area contributed by atoms with Gasteiger partial charge in [0.05, 0.1) is 0 Å². The number of rotatable bonds is 5. The minimum absolute atomic E-state index is 0.0239. The molecule has 1 saturated carbocycles. The molecule has 1 heterocycles. The van der Waals surface area contributed by atoms with Crippen molar-refractivity contribution in [3.05, 3.63) is 29.1 Å². The Balaban J connectivity index is 1.93. The number of benzene rings is 1. The fourth-order valence-corrected chi connectivity index (χ4v) is 3.35. The summed E-state index contributed by atoms with van der Waals surface area (Å²) >= 11 is 0. The van der Waals surface area contributed by atoms with Gasteiger partial charge < -0.3 is 10.6 Å². The summed E-state index contributed by atoms with van der Waals surface area (Å²) in [4.78, 5) is 11.4. The second-order valence-corrected chi connectivity index (χ2v) is 6.31. The van der Waals surface area contributed by atoms with E-state index in [0.29, 0.717) is 30.4 Å². The van der Waals surface area contributed by atoms with Gasteiger partial charge in [0, 0.05) is 23.7 Å². The molecule has 0 saturated heterocycles. The van der Waals surface area contributed by atoms with Gasteiger partial charge in [0.25, 0.3) is 0 Å². The van der Waals surface area contributed by atoms with E-state index in [1.165, 1.54) is 18.9 Å². The van der Waals surface area contributed by atoms with E-state index in [4.69, 9.17) is 0 Å². The fourth-order valence-electron chi connectivity index (χ4n) is 3.35. The third-order valence-electron chi connectivity index (χ3n) is 4.77. The molecule has 2 N–H and O–H groups in total. The zero-order valence-corrected chi connectivity index (χ0v) is 12.7. The van der Waals surface area contributed by atoms with Crippen LogP contribution in [0.15, 0.2) is 12.1 Å². The first kappa shape index (κ1) is 14.5. The molecular weight excluding hydrogens is 267 g/mol. The van der Waals surface area contributed by atoms with Crippen LogP contribution in [0.4, 0.5) is 10.1 Å². The standard InChI is InChI=1S/C17H23FN2O/c1-3-19-17(10(2)11-4-5-11)13-8-12-6-7-16(21)20-15(12)9-14(13)18/h8-11,17,19H,3-7H2,1-2H3,(H,20,21). The second kappa shape index (κ2) is 5.76. The molecule has 0 radical (unpaired) electrons. The van der Waals surface area contributed by atoms with Crippen molar-refractivity contribution in [2.45, 2.75) is 45.6 Å². The summed E-state index contributed by atoms with van der Waals surface area (Å²) < 4.78 is 14.5. The summed E-state index contributed by atoms with van der Waals surface area (Å²) in [5.74, 6) is 0.915. The van der Waals surface area contributed by atoms with Crippen LogP contribution in [0.5, 0.6) is 0 Å². The minimum Gasteiger partial charge on any atom is -0.326 e. The van der Waals surface area contributed by atoms with Gasteiger partial charge in [-0.1, -0.05) is 13.8 Å². The fraction of sp³-hybridized carbons (Fsp3) is 0.588. The van der Waals surface area contributed by atoms with Gasteiger partial charge in [0.2, 0.25) is 5.91 Å². The topological polar surface area (TPSA) is 41.1 Å². The van der Waals surface area contributed by atoms with Gasteiger partial charge in [0.15, 0.2) is 0 Å². The molecule has 1 aliphatic carbocycles. The summed E-state index contributed by atoms with van der Waals surface area (Å²) in [7, 11) is 0. The Morgan fingerprint density at radius 3 is 2.81 bits per heavy atom. The van der Waals surface area contributed by atoms with Gasteiger partial charge in [0.1, 0.15) is 5.82 Å². The second-order valence-electron chi connectivity index (χ2n) is 6.31. The lowest BCUT2D eigenvalue weighted by Gasteiger charge is -2.27. The Morgan fingerprint density at radius 1 is 1.38 bits per heavy atom. The third-order valence-corrected chi connectivity index (χ3v) is 4.77. The van der Waals surface area contributed by atoms with Crippen molar-refractivity contribution in [3.63, 3.8) is 0 Å². The van der Waals surface area contributed by atoms with E-state index in [-0.39, 0.29) is 17.8 Å². The minimum atomic E-state index is -0.214. The molecule has 1 amide bonds. The normalized spacial score (nSPS) is 20.6. The molecule has 0 bridgehead atoms. The summed E-state index contributed by atoms with van der Waals surface area (Å²) in [6.45, 7) is 5.10. The molecule has 2 aliphatic rings. The monoisotopic (exact) mass is 290 g/mol. The zero-order valence-electron chi connectivity index (χ0n) is 12.7. The molecular formula is C17H23FN2O. The number of halogens is 1. The number of hydrogen-bond acceptors (Lipinski definition) is 2. The lowest BCUT2D eigenvalue weighted by molar-refractivity contribution is -0.116. The van der Waals surface area contributed by atoms with E-state index < -0.39 is 0 Å². The molecule has 2 atom stereocenters. The molecule has 1 fully saturated rings. The van der Waals surface area contributed by atoms with Crippen LogP contribution in [0.1, 0.15) is 50.3 Å². The summed E-state index contributed by atoms with van der Waals surface area (Å²) in [6, 6.07) is 3.51. The largest absolute Gasteiger partial charge is 0.326 e. The van der Waals surface area contributed by atoms with Gasteiger partial charge in [-0.05, 0) is 55.3 Å². The average Bonchev–Trinajstić information content (AvgIpc) is 3.28. The molecule has 0 aromatic heterocycles. The average molecular weight is 290 g/mol. The van der Waals surface area contributed by atoms with E-state index in [2.05, 4.69) is 24.5 Å². The highest BCUT2D eigenvalue weighted by Gasteiger charge is 2.35. The third kappa shape index (κ3) is 2.95. The quantitative estimate of drug-likeness (QED) is 0.872. The van der Waals surface area contributed by atoms with Crippen LogP contribution >= 0.6 is 0 Å². The molecule has 4 heteroatoms. The number of carbonyl (C=O) groups excluding carboxylic acids is 1.